The fraction of sp³-hybridized carbons (Fsp3) is 0.545. The number of phenols is 3. The third kappa shape index (κ3) is 7.39. The lowest BCUT2D eigenvalue weighted by atomic mass is 9.96. The molecule has 21 heteroatoms. The number of hydrogen-bond acceptors (Lipinski definition) is 21. The maximum atomic E-state index is 14.2. The van der Waals surface area contributed by atoms with Gasteiger partial charge in [-0.2, -0.15) is 0 Å². The van der Waals surface area contributed by atoms with Gasteiger partial charge in [0, 0.05) is 17.7 Å². The van der Waals surface area contributed by atoms with Crippen LogP contribution in [0.25, 0.3) is 22.3 Å². The van der Waals surface area contributed by atoms with Crippen LogP contribution < -0.4 is 14.9 Å². The van der Waals surface area contributed by atoms with Crippen LogP contribution in [0, 0.1) is 0 Å². The molecule has 2 aromatic carbocycles. The smallest absolute Gasteiger partial charge is 0.239 e. The van der Waals surface area contributed by atoms with Crippen molar-refractivity contribution in [2.45, 2.75) is 86.0 Å². The van der Waals surface area contributed by atoms with Gasteiger partial charge >= 0.3 is 0 Å². The summed E-state index contributed by atoms with van der Waals surface area (Å²) in [5.74, 6) is -2.77. The maximum absolute atomic E-state index is 14.2. The SMILES string of the molecule is COc1cc(-c2oc3cc(O)cc(O)c3c(=O)c2OC2OC(CO)C(O)C(OC3OC(CO)C(O)C(O)C3O)C2OC2OCC(O)C(O)C2O)ccc1O. The van der Waals surface area contributed by atoms with Crippen LogP contribution in [-0.2, 0) is 23.7 Å². The molecule has 0 radical (unpaired) electrons. The standard InChI is InChI=1S/C33H40O21/c1-47-15-4-10(2-3-12(15)37)27-29(23(43)19-13(38)5-11(36)6-16(19)49-27)53-33-30(54-31-25(45)20(40)14(39)9-48-31)28(22(42)18(8-35)51-33)52-32-26(46)24(44)21(41)17(7-34)50-32/h2-6,14,17-18,20-22,24-26,28,30-42,44-46H,7-9H2,1H3. The van der Waals surface area contributed by atoms with Crippen molar-refractivity contribution in [3.63, 3.8) is 0 Å². The summed E-state index contributed by atoms with van der Waals surface area (Å²) in [6, 6.07) is 5.59. The van der Waals surface area contributed by atoms with Gasteiger partial charge in [0.15, 0.2) is 35.9 Å². The Morgan fingerprint density at radius 1 is 0.722 bits per heavy atom. The van der Waals surface area contributed by atoms with Crippen LogP contribution in [0.1, 0.15) is 0 Å². The maximum Gasteiger partial charge on any atom is 0.239 e. The van der Waals surface area contributed by atoms with Crippen LogP contribution in [0.5, 0.6) is 28.7 Å². The van der Waals surface area contributed by atoms with Gasteiger partial charge in [0.1, 0.15) is 83.5 Å². The molecule has 12 N–H and O–H groups in total. The second kappa shape index (κ2) is 16.1. The Hall–Kier alpha value is -3.91. The fourth-order valence-electron chi connectivity index (χ4n) is 6.33. The van der Waals surface area contributed by atoms with E-state index in [4.69, 9.17) is 37.6 Å². The van der Waals surface area contributed by atoms with E-state index in [0.717, 1.165) is 12.1 Å². The van der Waals surface area contributed by atoms with Crippen molar-refractivity contribution in [3.8, 4) is 40.1 Å². The van der Waals surface area contributed by atoms with Crippen molar-refractivity contribution >= 4 is 11.0 Å². The Morgan fingerprint density at radius 2 is 1.37 bits per heavy atom. The highest BCUT2D eigenvalue weighted by molar-refractivity contribution is 5.88. The molecule has 0 aliphatic carbocycles. The van der Waals surface area contributed by atoms with Crippen molar-refractivity contribution in [1.29, 1.82) is 0 Å². The van der Waals surface area contributed by atoms with E-state index >= 15 is 0 Å². The van der Waals surface area contributed by atoms with Crippen LogP contribution >= 0.6 is 0 Å². The van der Waals surface area contributed by atoms with E-state index in [1.165, 1.54) is 25.3 Å². The van der Waals surface area contributed by atoms with E-state index in [2.05, 4.69) is 0 Å². The summed E-state index contributed by atoms with van der Waals surface area (Å²) in [5, 5.41) is 125. The molecule has 0 amide bonds. The quantitative estimate of drug-likeness (QED) is 0.0935. The zero-order valence-electron chi connectivity index (χ0n) is 28.1. The van der Waals surface area contributed by atoms with Gasteiger partial charge in [-0.3, -0.25) is 4.79 Å². The minimum atomic E-state index is -2.03. The van der Waals surface area contributed by atoms with Crippen molar-refractivity contribution in [1.82, 2.24) is 0 Å². The molecule has 14 unspecified atom stereocenters. The van der Waals surface area contributed by atoms with Crippen molar-refractivity contribution in [2.24, 2.45) is 0 Å². The van der Waals surface area contributed by atoms with E-state index in [1.54, 1.807) is 0 Å². The largest absolute Gasteiger partial charge is 0.508 e. The normalized spacial score (nSPS) is 35.9. The molecule has 14 atom stereocenters. The molecule has 3 fully saturated rings. The van der Waals surface area contributed by atoms with E-state index < -0.39 is 140 Å². The molecule has 21 nitrogen and oxygen atoms in total. The Kier molecular flexibility index (Phi) is 11.8. The number of fused-ring (bicyclic) bond motifs is 1. The molecule has 54 heavy (non-hydrogen) atoms. The molecule has 3 saturated heterocycles. The second-order valence-corrected chi connectivity index (χ2v) is 12.8. The zero-order chi connectivity index (χ0) is 39.2. The number of rotatable bonds is 10. The van der Waals surface area contributed by atoms with Gasteiger partial charge in [0.2, 0.25) is 17.5 Å². The van der Waals surface area contributed by atoms with Crippen LogP contribution in [0.2, 0.25) is 0 Å². The number of benzene rings is 2. The number of aromatic hydroxyl groups is 3. The number of phenolic OH excluding ortho intramolecular Hbond substituents is 3. The topological polar surface area (TPSA) is 338 Å². The Bertz CT molecular complexity index is 1830. The first-order chi connectivity index (χ1) is 25.7. The zero-order valence-corrected chi connectivity index (χ0v) is 28.1. The first-order valence-electron chi connectivity index (χ1n) is 16.5. The van der Waals surface area contributed by atoms with Gasteiger partial charge in [0.05, 0.1) is 26.9 Å². The van der Waals surface area contributed by atoms with E-state index in [1.807, 2.05) is 0 Å². The molecule has 0 bridgehead atoms. The fourth-order valence-corrected chi connectivity index (χ4v) is 6.33. The van der Waals surface area contributed by atoms with Gasteiger partial charge < -0.3 is 98.9 Å². The number of hydrogen-bond donors (Lipinski definition) is 12. The number of aliphatic hydroxyl groups is 9. The molecule has 1 aromatic heterocycles. The molecule has 298 valence electrons. The van der Waals surface area contributed by atoms with Crippen LogP contribution in [0.4, 0.5) is 0 Å². The van der Waals surface area contributed by atoms with Gasteiger partial charge in [-0.05, 0) is 18.2 Å². The Balaban J connectivity index is 1.48. The van der Waals surface area contributed by atoms with E-state index in [0.29, 0.717) is 0 Å². The van der Waals surface area contributed by atoms with E-state index in [9.17, 15) is 66.1 Å². The average Bonchev–Trinajstić information content (AvgIpc) is 3.14. The third-order valence-corrected chi connectivity index (χ3v) is 9.28. The van der Waals surface area contributed by atoms with Crippen LogP contribution in [0.15, 0.2) is 39.5 Å². The highest BCUT2D eigenvalue weighted by Gasteiger charge is 2.54. The lowest BCUT2D eigenvalue weighted by Crippen LogP contribution is -2.67. The van der Waals surface area contributed by atoms with Crippen molar-refractivity contribution in [3.05, 3.63) is 40.6 Å². The van der Waals surface area contributed by atoms with Gasteiger partial charge in [-0.15, -0.1) is 0 Å². The molecular formula is C33H40O21. The number of methoxy groups -OCH3 is 1. The minimum absolute atomic E-state index is 0.0192. The molecule has 3 aliphatic rings. The predicted molar refractivity (Wildman–Crippen MR) is 173 cm³/mol. The monoisotopic (exact) mass is 772 g/mol. The van der Waals surface area contributed by atoms with Crippen LogP contribution in [0.3, 0.4) is 0 Å². The van der Waals surface area contributed by atoms with Crippen molar-refractivity contribution in [2.75, 3.05) is 26.9 Å². The highest BCUT2D eigenvalue weighted by atomic mass is 16.8. The number of ether oxygens (including phenoxy) is 7. The molecule has 6 rings (SSSR count). The van der Waals surface area contributed by atoms with E-state index in [-0.39, 0.29) is 22.6 Å². The summed E-state index contributed by atoms with van der Waals surface area (Å²) in [4.78, 5) is 14.2. The lowest BCUT2D eigenvalue weighted by molar-refractivity contribution is -0.378. The summed E-state index contributed by atoms with van der Waals surface area (Å²) in [6.45, 7) is -2.39. The summed E-state index contributed by atoms with van der Waals surface area (Å²) in [6.07, 6.45) is -25.9. The van der Waals surface area contributed by atoms with Gasteiger partial charge in [-0.25, -0.2) is 0 Å². The summed E-state index contributed by atoms with van der Waals surface area (Å²) < 4.78 is 45.7. The molecule has 0 saturated carbocycles. The minimum Gasteiger partial charge on any atom is -0.508 e. The summed E-state index contributed by atoms with van der Waals surface area (Å²) in [5.41, 5.74) is -1.39. The van der Waals surface area contributed by atoms with Crippen molar-refractivity contribution < 1.29 is 98.9 Å². The first-order valence-corrected chi connectivity index (χ1v) is 16.5. The average molecular weight is 773 g/mol. The Labute approximate surface area is 303 Å². The lowest BCUT2D eigenvalue weighted by Gasteiger charge is -2.48. The van der Waals surface area contributed by atoms with Gasteiger partial charge in [-0.1, -0.05) is 0 Å². The molecule has 3 aromatic rings. The van der Waals surface area contributed by atoms with Gasteiger partial charge in [0.25, 0.3) is 0 Å². The highest BCUT2D eigenvalue weighted by Crippen LogP contribution is 2.41. The summed E-state index contributed by atoms with van der Waals surface area (Å²) >= 11 is 0. The predicted octanol–water partition coefficient (Wildman–Crippen LogP) is -3.95. The number of aliphatic hydroxyl groups excluding tert-OH is 9. The van der Waals surface area contributed by atoms with Crippen LogP contribution in [-0.4, -0.2) is 174 Å². The molecule has 4 heterocycles. The first kappa shape index (κ1) is 39.8. The third-order valence-electron chi connectivity index (χ3n) is 9.28. The summed E-state index contributed by atoms with van der Waals surface area (Å²) in [7, 11) is 1.24. The second-order valence-electron chi connectivity index (χ2n) is 12.8. The molecule has 3 aliphatic heterocycles. The molecule has 0 spiro atoms. The Morgan fingerprint density at radius 3 is 2.06 bits per heavy atom. The molecular weight excluding hydrogens is 732 g/mol.